The summed E-state index contributed by atoms with van der Waals surface area (Å²) in [6.07, 6.45) is 2.30. The molecule has 0 aliphatic carbocycles. The topological polar surface area (TPSA) is 35.6 Å². The van der Waals surface area contributed by atoms with Crippen molar-refractivity contribution in [2.75, 3.05) is 33.7 Å². The molecule has 0 saturated carbocycles. The van der Waals surface area contributed by atoms with Gasteiger partial charge < -0.3 is 15.1 Å². The van der Waals surface area contributed by atoms with Crippen molar-refractivity contribution in [2.24, 2.45) is 0 Å². The first-order valence-corrected chi connectivity index (χ1v) is 6.24. The van der Waals surface area contributed by atoms with Crippen LogP contribution in [-0.2, 0) is 4.79 Å². The minimum absolute atomic E-state index is 0.0619. The lowest BCUT2D eigenvalue weighted by atomic mass is 10.0. The number of nitrogens with one attached hydrogen (secondary N) is 1. The number of piperidine rings is 1. The third-order valence-electron chi connectivity index (χ3n) is 3.33. The summed E-state index contributed by atoms with van der Waals surface area (Å²) in [6.45, 7) is 7.59. The van der Waals surface area contributed by atoms with Gasteiger partial charge in [0.1, 0.15) is 0 Å². The maximum atomic E-state index is 11.7. The van der Waals surface area contributed by atoms with Crippen molar-refractivity contribution < 1.29 is 4.79 Å². The van der Waals surface area contributed by atoms with Gasteiger partial charge in [0.25, 0.3) is 0 Å². The highest BCUT2D eigenvalue weighted by atomic mass is 16.2. The Morgan fingerprint density at radius 1 is 1.44 bits per heavy atom. The molecule has 94 valence electrons. The van der Waals surface area contributed by atoms with Crippen molar-refractivity contribution in [3.05, 3.63) is 0 Å². The molecule has 1 rings (SSSR count). The second-order valence-electron chi connectivity index (χ2n) is 4.83. The van der Waals surface area contributed by atoms with Crippen molar-refractivity contribution in [2.45, 2.75) is 38.8 Å². The summed E-state index contributed by atoms with van der Waals surface area (Å²) in [5.74, 6) is 0.165. The molecule has 4 nitrogen and oxygen atoms in total. The van der Waals surface area contributed by atoms with Crippen LogP contribution >= 0.6 is 0 Å². The van der Waals surface area contributed by atoms with E-state index in [4.69, 9.17) is 0 Å². The van der Waals surface area contributed by atoms with Crippen LogP contribution in [0.15, 0.2) is 0 Å². The van der Waals surface area contributed by atoms with Gasteiger partial charge in [0.15, 0.2) is 0 Å². The Morgan fingerprint density at radius 2 is 2.00 bits per heavy atom. The zero-order valence-electron chi connectivity index (χ0n) is 11.0. The van der Waals surface area contributed by atoms with Crippen LogP contribution < -0.4 is 5.32 Å². The SMILES string of the molecule is CCN1CCC(NC(C)C(=O)N(C)C)CC1. The number of likely N-dealkylation sites (tertiary alicyclic amines) is 1. The quantitative estimate of drug-likeness (QED) is 0.761. The monoisotopic (exact) mass is 227 g/mol. The highest BCUT2D eigenvalue weighted by Crippen LogP contribution is 2.10. The number of hydrogen-bond acceptors (Lipinski definition) is 3. The second kappa shape index (κ2) is 6.21. The van der Waals surface area contributed by atoms with Gasteiger partial charge in [0.2, 0.25) is 5.91 Å². The van der Waals surface area contributed by atoms with Crippen LogP contribution in [0.25, 0.3) is 0 Å². The van der Waals surface area contributed by atoms with Crippen LogP contribution in [0.1, 0.15) is 26.7 Å². The highest BCUT2D eigenvalue weighted by molar-refractivity contribution is 5.80. The smallest absolute Gasteiger partial charge is 0.238 e. The first-order chi connectivity index (χ1) is 7.54. The molecular formula is C12H25N3O. The Balaban J connectivity index is 2.30. The van der Waals surface area contributed by atoms with E-state index in [2.05, 4.69) is 17.1 Å². The van der Waals surface area contributed by atoms with E-state index in [9.17, 15) is 4.79 Å². The molecule has 0 aromatic rings. The normalized spacial score (nSPS) is 20.8. The van der Waals surface area contributed by atoms with E-state index >= 15 is 0 Å². The Labute approximate surface area is 99.0 Å². The lowest BCUT2D eigenvalue weighted by Crippen LogP contribution is -2.50. The Hall–Kier alpha value is -0.610. The van der Waals surface area contributed by atoms with Crippen LogP contribution in [0.5, 0.6) is 0 Å². The molecule has 0 bridgehead atoms. The van der Waals surface area contributed by atoms with Crippen molar-refractivity contribution in [3.8, 4) is 0 Å². The fourth-order valence-electron chi connectivity index (χ4n) is 2.23. The van der Waals surface area contributed by atoms with E-state index in [0.717, 1.165) is 32.5 Å². The molecule has 1 aliphatic heterocycles. The van der Waals surface area contributed by atoms with Crippen molar-refractivity contribution >= 4 is 5.91 Å². The number of carbonyl (C=O) groups excluding carboxylic acids is 1. The molecule has 0 aromatic carbocycles. The first kappa shape index (κ1) is 13.5. The average molecular weight is 227 g/mol. The number of likely N-dealkylation sites (N-methyl/N-ethyl adjacent to an activating group) is 1. The number of nitrogens with zero attached hydrogens (tertiary/aromatic N) is 2. The lowest BCUT2D eigenvalue weighted by Gasteiger charge is -2.33. The molecule has 1 amide bonds. The lowest BCUT2D eigenvalue weighted by molar-refractivity contribution is -0.130. The van der Waals surface area contributed by atoms with Crippen LogP contribution in [0, 0.1) is 0 Å². The molecular weight excluding hydrogens is 202 g/mol. The van der Waals surface area contributed by atoms with Gasteiger partial charge in [-0.15, -0.1) is 0 Å². The van der Waals surface area contributed by atoms with Gasteiger partial charge in [-0.2, -0.15) is 0 Å². The first-order valence-electron chi connectivity index (χ1n) is 6.24. The third kappa shape index (κ3) is 3.76. The van der Waals surface area contributed by atoms with Crippen LogP contribution in [0.4, 0.5) is 0 Å². The van der Waals surface area contributed by atoms with E-state index in [1.54, 1.807) is 19.0 Å². The third-order valence-corrected chi connectivity index (χ3v) is 3.33. The van der Waals surface area contributed by atoms with E-state index in [1.807, 2.05) is 6.92 Å². The fourth-order valence-corrected chi connectivity index (χ4v) is 2.23. The van der Waals surface area contributed by atoms with Gasteiger partial charge in [-0.05, 0) is 39.4 Å². The summed E-state index contributed by atoms with van der Waals surface area (Å²) in [7, 11) is 3.61. The minimum Gasteiger partial charge on any atom is -0.347 e. The molecule has 1 saturated heterocycles. The summed E-state index contributed by atoms with van der Waals surface area (Å²) in [4.78, 5) is 15.8. The standard InChI is InChI=1S/C12H25N3O/c1-5-15-8-6-11(7-9-15)13-10(2)12(16)14(3)4/h10-11,13H,5-9H2,1-4H3. The largest absolute Gasteiger partial charge is 0.347 e. The van der Waals surface area contributed by atoms with E-state index in [1.165, 1.54) is 0 Å². The summed E-state index contributed by atoms with van der Waals surface area (Å²) in [5, 5.41) is 3.43. The Kier molecular flexibility index (Phi) is 5.22. The van der Waals surface area contributed by atoms with Gasteiger partial charge in [-0.1, -0.05) is 6.92 Å². The molecule has 1 unspecified atom stereocenters. The summed E-state index contributed by atoms with van der Waals surface area (Å²) in [6, 6.07) is 0.440. The van der Waals surface area contributed by atoms with Crippen molar-refractivity contribution in [1.82, 2.24) is 15.1 Å². The van der Waals surface area contributed by atoms with Crippen LogP contribution in [-0.4, -0.2) is 61.5 Å². The highest BCUT2D eigenvalue weighted by Gasteiger charge is 2.22. The molecule has 16 heavy (non-hydrogen) atoms. The summed E-state index contributed by atoms with van der Waals surface area (Å²) in [5.41, 5.74) is 0. The molecule has 1 aliphatic rings. The predicted octanol–water partition coefficient (Wildman–Crippen LogP) is 0.537. The summed E-state index contributed by atoms with van der Waals surface area (Å²) >= 11 is 0. The number of rotatable bonds is 4. The van der Waals surface area contributed by atoms with Crippen LogP contribution in [0.2, 0.25) is 0 Å². The molecule has 0 aromatic heterocycles. The number of carbonyl (C=O) groups is 1. The molecule has 0 radical (unpaired) electrons. The Bertz CT molecular complexity index is 222. The zero-order valence-corrected chi connectivity index (χ0v) is 11.0. The van der Waals surface area contributed by atoms with E-state index in [-0.39, 0.29) is 11.9 Å². The zero-order chi connectivity index (χ0) is 12.1. The average Bonchev–Trinajstić information content (AvgIpc) is 2.28. The molecule has 1 N–H and O–H groups in total. The van der Waals surface area contributed by atoms with Gasteiger partial charge in [-0.3, -0.25) is 4.79 Å². The number of amides is 1. The van der Waals surface area contributed by atoms with Crippen LogP contribution in [0.3, 0.4) is 0 Å². The molecule has 1 heterocycles. The number of hydrogen-bond donors (Lipinski definition) is 1. The minimum atomic E-state index is -0.0619. The van der Waals surface area contributed by atoms with Gasteiger partial charge >= 0.3 is 0 Å². The van der Waals surface area contributed by atoms with Gasteiger partial charge in [-0.25, -0.2) is 0 Å². The van der Waals surface area contributed by atoms with Gasteiger partial charge in [0.05, 0.1) is 6.04 Å². The van der Waals surface area contributed by atoms with E-state index < -0.39 is 0 Å². The molecule has 0 spiro atoms. The molecule has 1 atom stereocenters. The molecule has 4 heteroatoms. The van der Waals surface area contributed by atoms with Crippen molar-refractivity contribution in [3.63, 3.8) is 0 Å². The summed E-state index contributed by atoms with van der Waals surface area (Å²) < 4.78 is 0. The predicted molar refractivity (Wildman–Crippen MR) is 66.4 cm³/mol. The Morgan fingerprint density at radius 3 is 2.44 bits per heavy atom. The second-order valence-corrected chi connectivity index (χ2v) is 4.83. The fraction of sp³-hybridized carbons (Fsp3) is 0.917. The molecule has 1 fully saturated rings. The maximum Gasteiger partial charge on any atom is 0.238 e. The van der Waals surface area contributed by atoms with Gasteiger partial charge in [0, 0.05) is 20.1 Å². The maximum absolute atomic E-state index is 11.7. The van der Waals surface area contributed by atoms with Crippen molar-refractivity contribution in [1.29, 1.82) is 0 Å². The van der Waals surface area contributed by atoms with E-state index in [0.29, 0.717) is 6.04 Å².